The number of phenolic OH excluding ortho intramolecular Hbond substituents is 1. The summed E-state index contributed by atoms with van der Waals surface area (Å²) in [5, 5.41) is 55.2. The molecular formula is C39H56N4O6S. The van der Waals surface area contributed by atoms with Gasteiger partial charge >= 0.3 is 0 Å². The van der Waals surface area contributed by atoms with Gasteiger partial charge in [0.05, 0.1) is 4.99 Å². The molecule has 10 nitrogen and oxygen atoms in total. The van der Waals surface area contributed by atoms with Gasteiger partial charge in [-0.15, -0.1) is 0 Å². The number of unbranched alkanes of at least 4 members (excludes halogenated alkanes) is 5. The molecule has 0 saturated heterocycles. The average molecular weight is 709 g/mol. The van der Waals surface area contributed by atoms with Crippen LogP contribution in [0.15, 0.2) is 24.3 Å². The van der Waals surface area contributed by atoms with E-state index in [2.05, 4.69) is 17.8 Å². The number of carbonyl (C=O) groups is 1. The van der Waals surface area contributed by atoms with E-state index in [1.807, 2.05) is 59.8 Å². The monoisotopic (exact) mass is 708 g/mol. The van der Waals surface area contributed by atoms with Crippen LogP contribution in [0, 0.1) is 0 Å². The maximum absolute atomic E-state index is 13.1. The van der Waals surface area contributed by atoms with Crippen LogP contribution >= 0.6 is 12.2 Å². The van der Waals surface area contributed by atoms with Crippen molar-refractivity contribution in [3.63, 3.8) is 0 Å². The van der Waals surface area contributed by atoms with Gasteiger partial charge in [-0.1, -0.05) is 111 Å². The molecule has 4 rings (SSSR count). The molecule has 1 aliphatic carbocycles. The van der Waals surface area contributed by atoms with Crippen LogP contribution in [-0.2, 0) is 28.5 Å². The van der Waals surface area contributed by atoms with E-state index in [0.717, 1.165) is 40.6 Å². The van der Waals surface area contributed by atoms with Crippen molar-refractivity contribution in [2.75, 3.05) is 10.9 Å². The second-order valence-electron chi connectivity index (χ2n) is 15.7. The zero-order valence-corrected chi connectivity index (χ0v) is 31.7. The number of hydrogen-bond acceptors (Lipinski definition) is 7. The summed E-state index contributed by atoms with van der Waals surface area (Å²) in [6, 6.07) is 5.26. The number of aryl methyl sites for hydroxylation is 1. The summed E-state index contributed by atoms with van der Waals surface area (Å²) >= 11 is 5.51. The SMILES string of the molecule is CCCCCCCCC(=S)Nn1c(O)c2c(c1O)C(C)=CC(c1cc(O)n(NC(=O)CCc3cc(C(C)(C)C)c(O)c(C(C)(C)C)c3)c1O)C2. The van der Waals surface area contributed by atoms with Crippen molar-refractivity contribution >= 4 is 28.7 Å². The van der Waals surface area contributed by atoms with Gasteiger partial charge in [0.1, 0.15) is 5.75 Å². The number of allylic oxidation sites excluding steroid dienone is 2. The minimum atomic E-state index is -0.466. The summed E-state index contributed by atoms with van der Waals surface area (Å²) in [6.07, 6.45) is 9.93. The summed E-state index contributed by atoms with van der Waals surface area (Å²) in [6.45, 7) is 16.2. The zero-order chi connectivity index (χ0) is 37.1. The number of aromatic nitrogens is 2. The molecule has 1 atom stereocenters. The van der Waals surface area contributed by atoms with Gasteiger partial charge in [0.25, 0.3) is 0 Å². The smallest absolute Gasteiger partial charge is 0.239 e. The van der Waals surface area contributed by atoms with Gasteiger partial charge in [-0.25, -0.2) is 0 Å². The van der Waals surface area contributed by atoms with Crippen molar-refractivity contribution in [3.05, 3.63) is 57.7 Å². The Balaban J connectivity index is 1.46. The number of nitrogens with one attached hydrogen (secondary N) is 2. The lowest BCUT2D eigenvalue weighted by Crippen LogP contribution is -2.23. The maximum atomic E-state index is 13.1. The van der Waals surface area contributed by atoms with E-state index in [0.29, 0.717) is 40.1 Å². The number of phenols is 1. The van der Waals surface area contributed by atoms with Gasteiger partial charge < -0.3 is 25.5 Å². The molecule has 2 aromatic heterocycles. The van der Waals surface area contributed by atoms with Crippen molar-refractivity contribution in [1.29, 1.82) is 0 Å². The standard InChI is InChI=1S/C39H56N4O6S/c1-9-10-11-12-13-14-15-31(50)41-43-36(48)27-21-25(18-23(2)33(27)37(43)49)26-22-32(45)42(35(26)47)40-30(44)17-16-24-19-28(38(3,4)5)34(46)29(20-24)39(6,7)8/h18-20,22,25,45-49H,9-17,21H2,1-8H3,(H,40,44)(H,41,50). The molecule has 0 fully saturated rings. The topological polar surface area (TPSA) is 152 Å². The predicted molar refractivity (Wildman–Crippen MR) is 204 cm³/mol. The maximum Gasteiger partial charge on any atom is 0.239 e. The van der Waals surface area contributed by atoms with Crippen LogP contribution in [-0.4, -0.2) is 45.8 Å². The van der Waals surface area contributed by atoms with Crippen molar-refractivity contribution in [1.82, 2.24) is 9.35 Å². The number of aromatic hydroxyl groups is 5. The molecule has 7 N–H and O–H groups in total. The van der Waals surface area contributed by atoms with Gasteiger partial charge in [-0.2, -0.15) is 9.35 Å². The largest absolute Gasteiger partial charge is 0.507 e. The summed E-state index contributed by atoms with van der Waals surface area (Å²) in [5.74, 6) is -1.60. The lowest BCUT2D eigenvalue weighted by Gasteiger charge is -2.28. The fraction of sp³-hybridized carbons (Fsp3) is 0.538. The van der Waals surface area contributed by atoms with Gasteiger partial charge in [0.15, 0.2) is 0 Å². The third kappa shape index (κ3) is 8.60. The lowest BCUT2D eigenvalue weighted by atomic mass is 9.78. The van der Waals surface area contributed by atoms with Crippen LogP contribution in [0.2, 0.25) is 0 Å². The first-order valence-corrected chi connectivity index (χ1v) is 18.2. The molecule has 11 heteroatoms. The highest BCUT2D eigenvalue weighted by Crippen LogP contribution is 2.47. The molecule has 50 heavy (non-hydrogen) atoms. The highest BCUT2D eigenvalue weighted by Gasteiger charge is 2.33. The van der Waals surface area contributed by atoms with E-state index in [1.165, 1.54) is 30.0 Å². The van der Waals surface area contributed by atoms with Crippen LogP contribution in [0.5, 0.6) is 29.3 Å². The molecule has 0 radical (unpaired) electrons. The molecule has 2 heterocycles. The normalized spacial score (nSPS) is 14.7. The Kier molecular flexibility index (Phi) is 11.9. The average Bonchev–Trinajstić information content (AvgIpc) is 3.43. The fourth-order valence-electron chi connectivity index (χ4n) is 6.73. The Hall–Kier alpha value is -4.12. The zero-order valence-electron chi connectivity index (χ0n) is 30.9. The van der Waals surface area contributed by atoms with Crippen molar-refractivity contribution < 1.29 is 30.3 Å². The second kappa shape index (κ2) is 15.4. The molecule has 1 amide bonds. The fourth-order valence-corrected chi connectivity index (χ4v) is 6.96. The van der Waals surface area contributed by atoms with Crippen LogP contribution < -0.4 is 10.9 Å². The molecule has 0 saturated carbocycles. The Morgan fingerprint density at radius 2 is 1.42 bits per heavy atom. The second-order valence-corrected chi connectivity index (χ2v) is 16.2. The van der Waals surface area contributed by atoms with E-state index in [4.69, 9.17) is 12.2 Å². The van der Waals surface area contributed by atoms with Gasteiger partial charge in [-0.3, -0.25) is 15.6 Å². The third-order valence-corrected chi connectivity index (χ3v) is 9.82. The summed E-state index contributed by atoms with van der Waals surface area (Å²) in [4.78, 5) is 13.6. The van der Waals surface area contributed by atoms with Crippen LogP contribution in [0.25, 0.3) is 5.57 Å². The van der Waals surface area contributed by atoms with E-state index < -0.39 is 11.8 Å². The Morgan fingerprint density at radius 1 is 0.820 bits per heavy atom. The number of nitrogens with zero attached hydrogens (tertiary/aromatic N) is 2. The number of amides is 1. The van der Waals surface area contributed by atoms with Crippen molar-refractivity contribution in [3.8, 4) is 29.3 Å². The number of carbonyl (C=O) groups excluding carboxylic acids is 1. The van der Waals surface area contributed by atoms with Crippen molar-refractivity contribution in [2.45, 2.75) is 136 Å². The molecule has 3 aromatic rings. The summed E-state index contributed by atoms with van der Waals surface area (Å²) in [7, 11) is 0. The quantitative estimate of drug-likeness (QED) is 0.0690. The molecule has 0 bridgehead atoms. The molecular weight excluding hydrogens is 653 g/mol. The molecule has 1 unspecified atom stereocenters. The van der Waals surface area contributed by atoms with E-state index in [9.17, 15) is 30.3 Å². The highest BCUT2D eigenvalue weighted by atomic mass is 32.1. The first-order valence-electron chi connectivity index (χ1n) is 17.8. The first-order chi connectivity index (χ1) is 23.3. The van der Waals surface area contributed by atoms with Gasteiger partial charge in [-0.05, 0) is 65.7 Å². The number of benzene rings is 1. The molecule has 274 valence electrons. The third-order valence-electron chi connectivity index (χ3n) is 9.53. The van der Waals surface area contributed by atoms with E-state index >= 15 is 0 Å². The Morgan fingerprint density at radius 3 is 2.02 bits per heavy atom. The first kappa shape index (κ1) is 38.7. The van der Waals surface area contributed by atoms with Gasteiger partial charge in [0.2, 0.25) is 29.4 Å². The molecule has 0 aliphatic heterocycles. The van der Waals surface area contributed by atoms with E-state index in [-0.39, 0.29) is 52.9 Å². The lowest BCUT2D eigenvalue weighted by molar-refractivity contribution is -0.117. The minimum Gasteiger partial charge on any atom is -0.507 e. The van der Waals surface area contributed by atoms with Crippen LogP contribution in [0.1, 0.15) is 146 Å². The van der Waals surface area contributed by atoms with Crippen molar-refractivity contribution in [2.24, 2.45) is 0 Å². The number of thiocarbonyl (C=S) groups is 1. The predicted octanol–water partition coefficient (Wildman–Crippen LogP) is 8.48. The Labute approximate surface area is 301 Å². The number of rotatable bonds is 13. The van der Waals surface area contributed by atoms with E-state index in [1.54, 1.807) is 6.92 Å². The Bertz CT molecular complexity index is 1720. The summed E-state index contributed by atoms with van der Waals surface area (Å²) in [5.41, 5.74) is 9.51. The summed E-state index contributed by atoms with van der Waals surface area (Å²) < 4.78 is 2.16. The number of fused-ring (bicyclic) bond motifs is 1. The number of hydrogen-bond donors (Lipinski definition) is 7. The van der Waals surface area contributed by atoms with Crippen LogP contribution in [0.3, 0.4) is 0 Å². The molecule has 0 spiro atoms. The molecule has 1 aromatic carbocycles. The van der Waals surface area contributed by atoms with Crippen LogP contribution in [0.4, 0.5) is 0 Å². The minimum absolute atomic E-state index is 0.0739. The molecule has 1 aliphatic rings. The highest BCUT2D eigenvalue weighted by molar-refractivity contribution is 7.80. The van der Waals surface area contributed by atoms with Gasteiger partial charge in [0, 0.05) is 35.1 Å².